The fourth-order valence-electron chi connectivity index (χ4n) is 2.56. The Hall–Kier alpha value is -1.89. The predicted molar refractivity (Wildman–Crippen MR) is 93.4 cm³/mol. The second kappa shape index (κ2) is 7.34. The number of hydrogen-bond donors (Lipinski definition) is 1. The summed E-state index contributed by atoms with van der Waals surface area (Å²) in [6, 6.07) is 6.36. The van der Waals surface area contributed by atoms with E-state index in [1.807, 2.05) is 0 Å². The molecule has 0 aliphatic carbocycles. The first-order valence-corrected chi connectivity index (χ1v) is 9.47. The smallest absolute Gasteiger partial charge is 0.410 e. The first-order chi connectivity index (χ1) is 11.2. The third-order valence-corrected chi connectivity index (χ3v) is 4.53. The number of carbonyl (C=O) groups excluding carboxylic acids is 2. The fourth-order valence-corrected chi connectivity index (χ4v) is 3.12. The number of carbonyl (C=O) groups is 2. The first kappa shape index (κ1) is 18.4. The van der Waals surface area contributed by atoms with Crippen LogP contribution in [0.2, 0.25) is 0 Å². The van der Waals surface area contributed by atoms with Gasteiger partial charge in [0, 0.05) is 34.2 Å². The van der Waals surface area contributed by atoms with Gasteiger partial charge in [0.2, 0.25) is 5.91 Å². The van der Waals surface area contributed by atoms with Crippen molar-refractivity contribution >= 4 is 28.5 Å². The lowest BCUT2D eigenvalue weighted by atomic mass is 10.2. The Morgan fingerprint density at radius 1 is 1.33 bits per heavy atom. The molecule has 7 heteroatoms. The van der Waals surface area contributed by atoms with Crippen LogP contribution in [0.25, 0.3) is 0 Å². The van der Waals surface area contributed by atoms with Crippen LogP contribution in [0.1, 0.15) is 33.6 Å². The molecule has 1 saturated heterocycles. The molecular formula is C17H24N2O4S. The maximum atomic E-state index is 12.5. The Morgan fingerprint density at radius 3 is 2.67 bits per heavy atom. The summed E-state index contributed by atoms with van der Waals surface area (Å²) in [6.07, 6.45) is 2.48. The van der Waals surface area contributed by atoms with Crippen molar-refractivity contribution in [3.63, 3.8) is 0 Å². The van der Waals surface area contributed by atoms with Crippen LogP contribution in [0.4, 0.5) is 10.5 Å². The van der Waals surface area contributed by atoms with E-state index < -0.39 is 28.5 Å². The molecule has 2 rings (SSSR count). The summed E-state index contributed by atoms with van der Waals surface area (Å²) in [4.78, 5) is 26.9. The minimum absolute atomic E-state index is 0.252. The van der Waals surface area contributed by atoms with Gasteiger partial charge in [-0.25, -0.2) is 4.79 Å². The van der Waals surface area contributed by atoms with E-state index in [0.717, 1.165) is 6.42 Å². The van der Waals surface area contributed by atoms with Crippen LogP contribution in [-0.4, -0.2) is 45.6 Å². The van der Waals surface area contributed by atoms with Crippen molar-refractivity contribution in [2.75, 3.05) is 18.1 Å². The number of benzene rings is 1. The lowest BCUT2D eigenvalue weighted by molar-refractivity contribution is -0.120. The van der Waals surface area contributed by atoms with Crippen LogP contribution in [0.15, 0.2) is 29.2 Å². The zero-order valence-electron chi connectivity index (χ0n) is 14.5. The molecule has 0 spiro atoms. The van der Waals surface area contributed by atoms with E-state index in [0.29, 0.717) is 23.5 Å². The molecule has 1 aromatic rings. The molecule has 1 fully saturated rings. The molecule has 6 nitrogen and oxygen atoms in total. The van der Waals surface area contributed by atoms with Gasteiger partial charge in [-0.3, -0.25) is 13.9 Å². The van der Waals surface area contributed by atoms with Gasteiger partial charge in [-0.2, -0.15) is 0 Å². The molecule has 132 valence electrons. The molecular weight excluding hydrogens is 328 g/mol. The van der Waals surface area contributed by atoms with E-state index in [1.54, 1.807) is 51.3 Å². The standard InChI is InChI=1S/C17H24N2O4S/c1-17(2,3)23-16(21)19-10-6-9-14(19)15(20)18-12-7-5-8-13(11-12)24(4)22/h5,7-8,11,14H,6,9-10H2,1-4H3,(H,18,20)/t14-,24+/m1/s1. The highest BCUT2D eigenvalue weighted by molar-refractivity contribution is 7.84. The summed E-state index contributed by atoms with van der Waals surface area (Å²) in [7, 11) is -1.12. The molecule has 0 radical (unpaired) electrons. The van der Waals surface area contributed by atoms with Crippen LogP contribution >= 0.6 is 0 Å². The summed E-state index contributed by atoms with van der Waals surface area (Å²) in [5, 5.41) is 2.80. The summed E-state index contributed by atoms with van der Waals surface area (Å²) in [5.41, 5.74) is -0.0241. The van der Waals surface area contributed by atoms with Gasteiger partial charge in [-0.05, 0) is 51.8 Å². The quantitative estimate of drug-likeness (QED) is 0.907. The molecule has 2 atom stereocenters. The van der Waals surface area contributed by atoms with Crippen LogP contribution in [0.5, 0.6) is 0 Å². The van der Waals surface area contributed by atoms with Crippen molar-refractivity contribution in [1.82, 2.24) is 4.90 Å². The number of likely N-dealkylation sites (tertiary alicyclic amines) is 1. The number of nitrogens with zero attached hydrogens (tertiary/aromatic N) is 1. The van der Waals surface area contributed by atoms with Gasteiger partial charge in [0.15, 0.2) is 0 Å². The highest BCUT2D eigenvalue weighted by Crippen LogP contribution is 2.22. The minimum atomic E-state index is -1.12. The number of ether oxygens (including phenoxy) is 1. The second-order valence-corrected chi connectivity index (χ2v) is 8.18. The molecule has 0 bridgehead atoms. The van der Waals surface area contributed by atoms with Crippen LogP contribution in [0, 0.1) is 0 Å². The zero-order valence-corrected chi connectivity index (χ0v) is 15.3. The Labute approximate surface area is 145 Å². The summed E-state index contributed by atoms with van der Waals surface area (Å²) in [5.74, 6) is -0.252. The van der Waals surface area contributed by atoms with Gasteiger partial charge >= 0.3 is 6.09 Å². The number of amides is 2. The van der Waals surface area contributed by atoms with Crippen molar-refractivity contribution in [3.05, 3.63) is 24.3 Å². The normalized spacial score (nSPS) is 19.0. The molecule has 2 amide bonds. The van der Waals surface area contributed by atoms with E-state index in [4.69, 9.17) is 4.74 Å². The highest BCUT2D eigenvalue weighted by Gasteiger charge is 2.36. The molecule has 0 aromatic heterocycles. The first-order valence-electron chi connectivity index (χ1n) is 7.91. The Kier molecular flexibility index (Phi) is 5.64. The minimum Gasteiger partial charge on any atom is -0.444 e. The summed E-state index contributed by atoms with van der Waals surface area (Å²) < 4.78 is 16.9. The third-order valence-electron chi connectivity index (χ3n) is 3.62. The van der Waals surface area contributed by atoms with Gasteiger partial charge in [-0.15, -0.1) is 0 Å². The highest BCUT2D eigenvalue weighted by atomic mass is 32.2. The monoisotopic (exact) mass is 352 g/mol. The van der Waals surface area contributed by atoms with Crippen LogP contribution < -0.4 is 5.32 Å². The second-order valence-electron chi connectivity index (χ2n) is 6.80. The van der Waals surface area contributed by atoms with Crippen molar-refractivity contribution in [2.24, 2.45) is 0 Å². The lowest BCUT2D eigenvalue weighted by Crippen LogP contribution is -2.45. The zero-order chi connectivity index (χ0) is 17.9. The lowest BCUT2D eigenvalue weighted by Gasteiger charge is -2.28. The number of hydrogen-bond acceptors (Lipinski definition) is 4. The SMILES string of the molecule is C[S@](=O)c1cccc(NC(=O)[C@H]2CCCN2C(=O)OC(C)(C)C)c1. The van der Waals surface area contributed by atoms with E-state index >= 15 is 0 Å². The topological polar surface area (TPSA) is 75.7 Å². The van der Waals surface area contributed by atoms with Gasteiger partial charge in [0.05, 0.1) is 0 Å². The van der Waals surface area contributed by atoms with E-state index in [-0.39, 0.29) is 5.91 Å². The molecule has 1 aliphatic rings. The van der Waals surface area contributed by atoms with Crippen molar-refractivity contribution in [2.45, 2.75) is 50.2 Å². The summed E-state index contributed by atoms with van der Waals surface area (Å²) in [6.45, 7) is 5.90. The molecule has 1 N–H and O–H groups in total. The van der Waals surface area contributed by atoms with Crippen molar-refractivity contribution < 1.29 is 18.5 Å². The van der Waals surface area contributed by atoms with Crippen molar-refractivity contribution in [3.8, 4) is 0 Å². The Morgan fingerprint density at radius 2 is 2.04 bits per heavy atom. The molecule has 24 heavy (non-hydrogen) atoms. The van der Waals surface area contributed by atoms with Crippen molar-refractivity contribution in [1.29, 1.82) is 0 Å². The maximum Gasteiger partial charge on any atom is 0.410 e. The van der Waals surface area contributed by atoms with Crippen LogP contribution in [-0.2, 0) is 20.3 Å². The molecule has 0 unspecified atom stereocenters. The van der Waals surface area contributed by atoms with E-state index in [9.17, 15) is 13.8 Å². The van der Waals surface area contributed by atoms with Gasteiger partial charge < -0.3 is 10.1 Å². The van der Waals surface area contributed by atoms with Gasteiger partial charge in [0.1, 0.15) is 11.6 Å². The largest absolute Gasteiger partial charge is 0.444 e. The summed E-state index contributed by atoms with van der Waals surface area (Å²) >= 11 is 0. The predicted octanol–water partition coefficient (Wildman–Crippen LogP) is 2.76. The fraction of sp³-hybridized carbons (Fsp3) is 0.529. The van der Waals surface area contributed by atoms with Crippen LogP contribution in [0.3, 0.4) is 0 Å². The van der Waals surface area contributed by atoms with Gasteiger partial charge in [0.25, 0.3) is 0 Å². The molecule has 1 aromatic carbocycles. The average molecular weight is 352 g/mol. The molecule has 1 heterocycles. The third kappa shape index (κ3) is 4.80. The average Bonchev–Trinajstić information content (AvgIpc) is 2.95. The van der Waals surface area contributed by atoms with E-state index in [2.05, 4.69) is 5.32 Å². The number of nitrogens with one attached hydrogen (secondary N) is 1. The molecule has 1 aliphatic heterocycles. The number of anilines is 1. The Balaban J connectivity index is 2.07. The van der Waals surface area contributed by atoms with E-state index in [1.165, 1.54) is 4.90 Å². The Bertz CT molecular complexity index is 654. The number of rotatable bonds is 3. The maximum absolute atomic E-state index is 12.5. The van der Waals surface area contributed by atoms with Gasteiger partial charge in [-0.1, -0.05) is 6.07 Å². The molecule has 0 saturated carbocycles.